The second kappa shape index (κ2) is 4.71. The third-order valence-electron chi connectivity index (χ3n) is 2.43. The van der Waals surface area contributed by atoms with Crippen molar-refractivity contribution in [3.63, 3.8) is 0 Å². The standard InChI is InChI=1S/C12H12O4S/c1-7-9(5-10(16-7)12(13)14)6-17-11-3-4-15-8(11)2/h3-5H,6H2,1-2H3,(H,13,14). The Morgan fingerprint density at radius 2 is 2.18 bits per heavy atom. The fraction of sp³-hybridized carbons (Fsp3) is 0.250. The van der Waals surface area contributed by atoms with Gasteiger partial charge in [0.2, 0.25) is 5.76 Å². The molecule has 2 aromatic heterocycles. The van der Waals surface area contributed by atoms with E-state index in [1.165, 1.54) is 0 Å². The molecule has 0 bridgehead atoms. The number of carbonyl (C=O) groups is 1. The molecule has 5 heteroatoms. The van der Waals surface area contributed by atoms with Gasteiger partial charge in [0.25, 0.3) is 0 Å². The number of carboxylic acids is 1. The van der Waals surface area contributed by atoms with E-state index in [-0.39, 0.29) is 5.76 Å². The van der Waals surface area contributed by atoms with E-state index in [2.05, 4.69) is 0 Å². The van der Waals surface area contributed by atoms with Crippen molar-refractivity contribution in [2.45, 2.75) is 24.5 Å². The number of rotatable bonds is 4. The minimum atomic E-state index is -1.04. The second-order valence-corrected chi connectivity index (χ2v) is 4.64. The zero-order valence-corrected chi connectivity index (χ0v) is 10.3. The average molecular weight is 252 g/mol. The second-order valence-electron chi connectivity index (χ2n) is 3.63. The van der Waals surface area contributed by atoms with Crippen LogP contribution < -0.4 is 0 Å². The summed E-state index contributed by atoms with van der Waals surface area (Å²) in [6, 6.07) is 3.47. The Hall–Kier alpha value is -1.62. The van der Waals surface area contributed by atoms with Crippen molar-refractivity contribution in [2.75, 3.05) is 0 Å². The monoisotopic (exact) mass is 252 g/mol. The lowest BCUT2D eigenvalue weighted by molar-refractivity contribution is 0.0661. The minimum absolute atomic E-state index is 0.0120. The highest BCUT2D eigenvalue weighted by atomic mass is 32.2. The van der Waals surface area contributed by atoms with Gasteiger partial charge in [-0.1, -0.05) is 0 Å². The maximum Gasteiger partial charge on any atom is 0.371 e. The molecule has 0 unspecified atom stereocenters. The molecule has 0 aliphatic carbocycles. The molecule has 0 saturated carbocycles. The molecule has 17 heavy (non-hydrogen) atoms. The fourth-order valence-electron chi connectivity index (χ4n) is 1.45. The number of hydrogen-bond acceptors (Lipinski definition) is 4. The molecule has 2 heterocycles. The molecule has 0 radical (unpaired) electrons. The molecule has 0 atom stereocenters. The Labute approximate surface area is 103 Å². The van der Waals surface area contributed by atoms with Crippen LogP contribution in [0.15, 0.2) is 32.1 Å². The zero-order valence-electron chi connectivity index (χ0n) is 9.52. The van der Waals surface area contributed by atoms with Crippen molar-refractivity contribution in [1.29, 1.82) is 0 Å². The van der Waals surface area contributed by atoms with E-state index in [0.717, 1.165) is 16.2 Å². The van der Waals surface area contributed by atoms with Crippen LogP contribution >= 0.6 is 11.8 Å². The molecule has 90 valence electrons. The van der Waals surface area contributed by atoms with Gasteiger partial charge in [0.1, 0.15) is 11.5 Å². The third-order valence-corrected chi connectivity index (χ3v) is 3.62. The van der Waals surface area contributed by atoms with Crippen LogP contribution in [-0.4, -0.2) is 11.1 Å². The number of aryl methyl sites for hydroxylation is 2. The first kappa shape index (κ1) is 11.9. The van der Waals surface area contributed by atoms with E-state index in [1.54, 1.807) is 31.0 Å². The Bertz CT molecular complexity index is 538. The van der Waals surface area contributed by atoms with Crippen LogP contribution in [0.3, 0.4) is 0 Å². The summed E-state index contributed by atoms with van der Waals surface area (Å²) in [4.78, 5) is 11.8. The van der Waals surface area contributed by atoms with E-state index in [0.29, 0.717) is 11.5 Å². The normalized spacial score (nSPS) is 10.7. The van der Waals surface area contributed by atoms with Gasteiger partial charge in [-0.25, -0.2) is 4.79 Å². The molecule has 0 saturated heterocycles. The van der Waals surface area contributed by atoms with Gasteiger partial charge in [0.15, 0.2) is 0 Å². The molecule has 0 fully saturated rings. The molecule has 0 aliphatic heterocycles. The van der Waals surface area contributed by atoms with Crippen LogP contribution in [0, 0.1) is 13.8 Å². The highest BCUT2D eigenvalue weighted by Crippen LogP contribution is 2.28. The molecule has 0 spiro atoms. The predicted octanol–water partition coefficient (Wildman–Crippen LogP) is 3.48. The minimum Gasteiger partial charge on any atom is -0.475 e. The van der Waals surface area contributed by atoms with Gasteiger partial charge in [-0.3, -0.25) is 0 Å². The predicted molar refractivity (Wildman–Crippen MR) is 63.4 cm³/mol. The first-order chi connectivity index (χ1) is 8.08. The average Bonchev–Trinajstić information content (AvgIpc) is 2.82. The first-order valence-electron chi connectivity index (χ1n) is 5.07. The Kier molecular flexibility index (Phi) is 3.28. The lowest BCUT2D eigenvalue weighted by Gasteiger charge is -1.97. The van der Waals surface area contributed by atoms with E-state index in [4.69, 9.17) is 13.9 Å². The summed E-state index contributed by atoms with van der Waals surface area (Å²) < 4.78 is 10.3. The number of hydrogen-bond donors (Lipinski definition) is 1. The SMILES string of the molecule is Cc1oc(C(=O)O)cc1CSc1ccoc1C. The van der Waals surface area contributed by atoms with Gasteiger partial charge in [-0.2, -0.15) is 0 Å². The zero-order chi connectivity index (χ0) is 12.4. The number of thioether (sulfide) groups is 1. The van der Waals surface area contributed by atoms with Crippen LogP contribution in [0.2, 0.25) is 0 Å². The molecule has 0 aliphatic rings. The smallest absolute Gasteiger partial charge is 0.371 e. The molecular formula is C12H12O4S. The summed E-state index contributed by atoms with van der Waals surface area (Å²) in [6.07, 6.45) is 1.64. The Morgan fingerprint density at radius 1 is 1.41 bits per heavy atom. The maximum absolute atomic E-state index is 10.7. The van der Waals surface area contributed by atoms with Crippen LogP contribution in [0.25, 0.3) is 0 Å². The highest BCUT2D eigenvalue weighted by Gasteiger charge is 2.13. The van der Waals surface area contributed by atoms with E-state index >= 15 is 0 Å². The lowest BCUT2D eigenvalue weighted by Crippen LogP contribution is -1.91. The summed E-state index contributed by atoms with van der Waals surface area (Å²) in [7, 11) is 0. The molecule has 1 N–H and O–H groups in total. The molecular weight excluding hydrogens is 240 g/mol. The van der Waals surface area contributed by atoms with E-state index in [9.17, 15) is 4.79 Å². The molecule has 0 aromatic carbocycles. The van der Waals surface area contributed by atoms with Crippen LogP contribution in [0.4, 0.5) is 0 Å². The van der Waals surface area contributed by atoms with Gasteiger partial charge in [0, 0.05) is 16.2 Å². The topological polar surface area (TPSA) is 63.6 Å². The molecule has 4 nitrogen and oxygen atoms in total. The number of aromatic carboxylic acids is 1. The van der Waals surface area contributed by atoms with Gasteiger partial charge in [-0.15, -0.1) is 11.8 Å². The number of furan rings is 2. The third kappa shape index (κ3) is 2.55. The van der Waals surface area contributed by atoms with Crippen molar-refractivity contribution < 1.29 is 18.7 Å². The largest absolute Gasteiger partial charge is 0.475 e. The summed E-state index contributed by atoms with van der Waals surface area (Å²) in [5.41, 5.74) is 0.896. The van der Waals surface area contributed by atoms with Gasteiger partial charge >= 0.3 is 5.97 Å². The van der Waals surface area contributed by atoms with Gasteiger partial charge in [-0.05, 0) is 26.0 Å². The fourth-order valence-corrected chi connectivity index (χ4v) is 2.45. The van der Waals surface area contributed by atoms with Crippen molar-refractivity contribution in [3.8, 4) is 0 Å². The van der Waals surface area contributed by atoms with Crippen molar-refractivity contribution >= 4 is 17.7 Å². The van der Waals surface area contributed by atoms with Gasteiger partial charge in [0.05, 0.1) is 6.26 Å². The van der Waals surface area contributed by atoms with Crippen LogP contribution in [0.1, 0.15) is 27.6 Å². The first-order valence-corrected chi connectivity index (χ1v) is 6.06. The number of carboxylic acid groups (broad SMARTS) is 1. The molecule has 0 amide bonds. The molecule has 2 rings (SSSR count). The Balaban J connectivity index is 2.09. The summed E-state index contributed by atoms with van der Waals surface area (Å²) in [5, 5.41) is 8.80. The summed E-state index contributed by atoms with van der Waals surface area (Å²) >= 11 is 1.60. The van der Waals surface area contributed by atoms with E-state index < -0.39 is 5.97 Å². The molecule has 2 aromatic rings. The quantitative estimate of drug-likeness (QED) is 0.844. The maximum atomic E-state index is 10.7. The van der Waals surface area contributed by atoms with E-state index in [1.807, 2.05) is 13.0 Å². The summed E-state index contributed by atoms with van der Waals surface area (Å²) in [5.74, 6) is 1.14. The van der Waals surface area contributed by atoms with Crippen molar-refractivity contribution in [3.05, 3.63) is 41.2 Å². The van der Waals surface area contributed by atoms with Gasteiger partial charge < -0.3 is 13.9 Å². The van der Waals surface area contributed by atoms with Crippen LogP contribution in [0.5, 0.6) is 0 Å². The summed E-state index contributed by atoms with van der Waals surface area (Å²) in [6.45, 7) is 3.66. The van der Waals surface area contributed by atoms with Crippen molar-refractivity contribution in [2.24, 2.45) is 0 Å². The Morgan fingerprint density at radius 3 is 2.71 bits per heavy atom. The lowest BCUT2D eigenvalue weighted by atomic mass is 10.3. The highest BCUT2D eigenvalue weighted by molar-refractivity contribution is 7.98. The van der Waals surface area contributed by atoms with Crippen molar-refractivity contribution in [1.82, 2.24) is 0 Å². The van der Waals surface area contributed by atoms with Crippen LogP contribution in [-0.2, 0) is 5.75 Å².